The zero-order chi connectivity index (χ0) is 13.0. The summed E-state index contributed by atoms with van der Waals surface area (Å²) in [6.07, 6.45) is -0.985. The predicted molar refractivity (Wildman–Crippen MR) is 65.6 cm³/mol. The second kappa shape index (κ2) is 6.20. The van der Waals surface area contributed by atoms with Gasteiger partial charge in [0.15, 0.2) is 0 Å². The van der Waals surface area contributed by atoms with Crippen molar-refractivity contribution in [2.45, 2.75) is 18.6 Å². The molecule has 0 radical (unpaired) electrons. The van der Waals surface area contributed by atoms with Gasteiger partial charge in [-0.05, 0) is 18.2 Å². The molecule has 0 aromatic carbocycles. The second-order valence-corrected chi connectivity index (χ2v) is 4.24. The van der Waals surface area contributed by atoms with E-state index in [1.807, 2.05) is 0 Å². The minimum Gasteiger partial charge on any atom is -0.478 e. The molecule has 0 bridgehead atoms. The molecule has 1 aromatic rings. The third-order valence-electron chi connectivity index (χ3n) is 2.22. The highest BCUT2D eigenvalue weighted by atomic mass is 35.5. The number of nitrogens with zero attached hydrogens (tertiary/aromatic N) is 1. The van der Waals surface area contributed by atoms with Gasteiger partial charge in [-0.25, -0.2) is 9.78 Å². The number of thiol groups is 1. The highest BCUT2D eigenvalue weighted by Crippen LogP contribution is 2.26. The van der Waals surface area contributed by atoms with Gasteiger partial charge >= 0.3 is 5.97 Å². The van der Waals surface area contributed by atoms with Crippen molar-refractivity contribution in [1.82, 2.24) is 4.98 Å². The van der Waals surface area contributed by atoms with Gasteiger partial charge in [-0.2, -0.15) is 12.6 Å². The largest absolute Gasteiger partial charge is 0.478 e. The van der Waals surface area contributed by atoms with E-state index in [2.05, 4.69) is 17.6 Å². The standard InChI is InChI=1S/C10H12ClNO4S/c11-9-6(8(14)7(13)1-2-17)3-5(4-12-9)10(15)16/h3-4,7-8,13-14,17H,1-2H2,(H,15,16). The molecule has 1 aromatic heterocycles. The Bertz CT molecular complexity index is 415. The molecule has 2 atom stereocenters. The van der Waals surface area contributed by atoms with E-state index in [0.717, 1.165) is 6.20 Å². The smallest absolute Gasteiger partial charge is 0.337 e. The van der Waals surface area contributed by atoms with Gasteiger partial charge in [-0.3, -0.25) is 0 Å². The van der Waals surface area contributed by atoms with Crippen LogP contribution in [0.15, 0.2) is 12.3 Å². The fourth-order valence-electron chi connectivity index (χ4n) is 1.29. The van der Waals surface area contributed by atoms with E-state index in [4.69, 9.17) is 16.7 Å². The van der Waals surface area contributed by atoms with Crippen LogP contribution in [0.25, 0.3) is 0 Å². The van der Waals surface area contributed by atoms with E-state index in [1.54, 1.807) is 0 Å². The fourth-order valence-corrected chi connectivity index (χ4v) is 1.77. The third kappa shape index (κ3) is 3.57. The number of hydrogen-bond acceptors (Lipinski definition) is 5. The molecule has 94 valence electrons. The third-order valence-corrected chi connectivity index (χ3v) is 2.80. The quantitative estimate of drug-likeness (QED) is 0.479. The summed E-state index contributed by atoms with van der Waals surface area (Å²) in [4.78, 5) is 14.4. The lowest BCUT2D eigenvalue weighted by Gasteiger charge is -2.18. The summed E-state index contributed by atoms with van der Waals surface area (Å²) in [5, 5.41) is 28.2. The number of carboxylic acid groups (broad SMARTS) is 1. The number of rotatable bonds is 5. The molecule has 1 rings (SSSR count). The van der Waals surface area contributed by atoms with Crippen LogP contribution in [-0.4, -0.2) is 38.1 Å². The molecule has 1 heterocycles. The highest BCUT2D eigenvalue weighted by Gasteiger charge is 2.22. The maximum absolute atomic E-state index is 10.7. The van der Waals surface area contributed by atoms with Crippen LogP contribution >= 0.6 is 24.2 Å². The SMILES string of the molecule is O=C(O)c1cnc(Cl)c(C(O)C(O)CCS)c1. The summed E-state index contributed by atoms with van der Waals surface area (Å²) in [7, 11) is 0. The van der Waals surface area contributed by atoms with Crippen molar-refractivity contribution in [1.29, 1.82) is 0 Å². The molecule has 0 fully saturated rings. The van der Waals surface area contributed by atoms with Crippen molar-refractivity contribution < 1.29 is 20.1 Å². The molecule has 7 heteroatoms. The molecule has 17 heavy (non-hydrogen) atoms. The minimum atomic E-state index is -1.28. The molecule has 0 saturated heterocycles. The van der Waals surface area contributed by atoms with E-state index in [0.29, 0.717) is 5.75 Å². The van der Waals surface area contributed by atoms with Crippen molar-refractivity contribution in [2.75, 3.05) is 5.75 Å². The van der Waals surface area contributed by atoms with Crippen molar-refractivity contribution in [3.05, 3.63) is 28.5 Å². The lowest BCUT2D eigenvalue weighted by Crippen LogP contribution is -2.19. The summed E-state index contributed by atoms with van der Waals surface area (Å²) in [5.41, 5.74) is 0.00220. The number of aromatic carboxylic acids is 1. The average Bonchev–Trinajstić information content (AvgIpc) is 2.28. The normalized spacial score (nSPS) is 14.4. The Kier molecular flexibility index (Phi) is 5.20. The Morgan fingerprint density at radius 3 is 2.71 bits per heavy atom. The summed E-state index contributed by atoms with van der Waals surface area (Å²) >= 11 is 9.68. The number of aliphatic hydroxyl groups excluding tert-OH is 2. The van der Waals surface area contributed by atoms with Crippen LogP contribution in [0.4, 0.5) is 0 Å². The Morgan fingerprint density at radius 2 is 2.18 bits per heavy atom. The van der Waals surface area contributed by atoms with Crippen molar-refractivity contribution in [3.8, 4) is 0 Å². The first-order valence-electron chi connectivity index (χ1n) is 4.83. The van der Waals surface area contributed by atoms with Crippen LogP contribution in [0, 0.1) is 0 Å². The Morgan fingerprint density at radius 1 is 1.53 bits per heavy atom. The predicted octanol–water partition coefficient (Wildman–Crippen LogP) is 1.15. The van der Waals surface area contributed by atoms with Crippen LogP contribution in [0.3, 0.4) is 0 Å². The average molecular weight is 278 g/mol. The van der Waals surface area contributed by atoms with Gasteiger partial charge in [0.1, 0.15) is 11.3 Å². The monoisotopic (exact) mass is 277 g/mol. The number of hydrogen-bond donors (Lipinski definition) is 4. The van der Waals surface area contributed by atoms with E-state index in [1.165, 1.54) is 6.07 Å². The molecule has 2 unspecified atom stereocenters. The number of carboxylic acids is 1. The van der Waals surface area contributed by atoms with E-state index in [-0.39, 0.29) is 22.7 Å². The number of aromatic nitrogens is 1. The van der Waals surface area contributed by atoms with Crippen LogP contribution < -0.4 is 0 Å². The molecule has 0 saturated carbocycles. The van der Waals surface area contributed by atoms with Crippen molar-refractivity contribution >= 4 is 30.2 Å². The molecule has 0 aliphatic carbocycles. The lowest BCUT2D eigenvalue weighted by molar-refractivity contribution is 0.0170. The van der Waals surface area contributed by atoms with Gasteiger partial charge < -0.3 is 15.3 Å². The highest BCUT2D eigenvalue weighted by molar-refractivity contribution is 7.80. The fraction of sp³-hybridized carbons (Fsp3) is 0.400. The topological polar surface area (TPSA) is 90.7 Å². The summed E-state index contributed by atoms with van der Waals surface area (Å²) in [6, 6.07) is 1.20. The molecule has 3 N–H and O–H groups in total. The van der Waals surface area contributed by atoms with Crippen LogP contribution in [0.2, 0.25) is 5.15 Å². The maximum atomic E-state index is 10.7. The van der Waals surface area contributed by atoms with Crippen LogP contribution in [0.5, 0.6) is 0 Å². The number of pyridine rings is 1. The Labute approximate surface area is 108 Å². The summed E-state index contributed by atoms with van der Waals surface area (Å²) in [5.74, 6) is -0.784. The molecule has 0 spiro atoms. The van der Waals surface area contributed by atoms with Crippen molar-refractivity contribution in [3.63, 3.8) is 0 Å². The van der Waals surface area contributed by atoms with Gasteiger partial charge in [0, 0.05) is 11.8 Å². The second-order valence-electron chi connectivity index (χ2n) is 3.43. The molecule has 5 nitrogen and oxygen atoms in total. The lowest BCUT2D eigenvalue weighted by atomic mass is 10.0. The first-order valence-corrected chi connectivity index (χ1v) is 5.84. The number of carbonyl (C=O) groups is 1. The molecular formula is C10H12ClNO4S. The first kappa shape index (κ1) is 14.2. The molecule has 0 aliphatic rings. The van der Waals surface area contributed by atoms with E-state index < -0.39 is 18.2 Å². The molecule has 0 aliphatic heterocycles. The Balaban J connectivity index is 3.03. The van der Waals surface area contributed by atoms with Gasteiger partial charge in [-0.15, -0.1) is 0 Å². The first-order chi connectivity index (χ1) is 7.97. The summed E-state index contributed by atoms with van der Waals surface area (Å²) in [6.45, 7) is 0. The summed E-state index contributed by atoms with van der Waals surface area (Å²) < 4.78 is 0. The van der Waals surface area contributed by atoms with Gasteiger partial charge in [0.05, 0.1) is 11.7 Å². The van der Waals surface area contributed by atoms with Gasteiger partial charge in [-0.1, -0.05) is 11.6 Å². The van der Waals surface area contributed by atoms with Crippen LogP contribution in [0.1, 0.15) is 28.4 Å². The number of halogens is 1. The molecular weight excluding hydrogens is 266 g/mol. The van der Waals surface area contributed by atoms with Crippen molar-refractivity contribution in [2.24, 2.45) is 0 Å². The Hall–Kier alpha value is -0.820. The van der Waals surface area contributed by atoms with E-state index in [9.17, 15) is 15.0 Å². The van der Waals surface area contributed by atoms with Gasteiger partial charge in [0.2, 0.25) is 0 Å². The molecule has 0 amide bonds. The van der Waals surface area contributed by atoms with E-state index >= 15 is 0 Å². The minimum absolute atomic E-state index is 0.0271. The number of aliphatic hydroxyl groups is 2. The van der Waals surface area contributed by atoms with Gasteiger partial charge in [0.25, 0.3) is 0 Å². The maximum Gasteiger partial charge on any atom is 0.337 e. The van der Waals surface area contributed by atoms with Crippen LogP contribution in [-0.2, 0) is 0 Å². The zero-order valence-electron chi connectivity index (χ0n) is 8.75. The zero-order valence-corrected chi connectivity index (χ0v) is 10.4.